The molecule has 5 amide bonds. The van der Waals surface area contributed by atoms with E-state index in [0.717, 1.165) is 19.3 Å². The van der Waals surface area contributed by atoms with Crippen molar-refractivity contribution in [2.45, 2.75) is 132 Å². The maximum atomic E-state index is 14.3. The number of hydrogen-bond acceptors (Lipinski definition) is 6. The van der Waals surface area contributed by atoms with Gasteiger partial charge in [-0.15, -0.1) is 0 Å². The van der Waals surface area contributed by atoms with Crippen molar-refractivity contribution in [3.05, 3.63) is 0 Å². The van der Waals surface area contributed by atoms with Crippen LogP contribution >= 0.6 is 0 Å². The van der Waals surface area contributed by atoms with E-state index in [1.54, 1.807) is 4.90 Å². The number of amides is 5. The average Bonchev–Trinajstić information content (AvgIpc) is 3.17. The second-order valence-corrected chi connectivity index (χ2v) is 17.0. The van der Waals surface area contributed by atoms with E-state index in [-0.39, 0.29) is 46.1 Å². The van der Waals surface area contributed by atoms with Crippen LogP contribution in [0.5, 0.6) is 0 Å². The summed E-state index contributed by atoms with van der Waals surface area (Å²) >= 11 is 0. The highest BCUT2D eigenvalue weighted by Gasteiger charge is 2.70. The SMILES string of the molecule is CC(C)(C)OC[C@H](NC(=O)N[C@H](C(=O)N1CC2[C@@H](C1C(=O)NC(CC1CCC1)C(=O)C(N)=O)C2(C)C)C(C)(C)C)C(C)(C)C. The molecule has 0 spiro atoms. The summed E-state index contributed by atoms with van der Waals surface area (Å²) in [6.07, 6.45) is 3.27. The van der Waals surface area contributed by atoms with Gasteiger partial charge in [0, 0.05) is 6.54 Å². The summed E-state index contributed by atoms with van der Waals surface area (Å²) in [6.45, 7) is 22.3. The number of carbonyl (C=O) groups is 5. The number of Topliss-reactive ketones (excluding diaryl/α,β-unsaturated/α-hetero) is 1. The molecule has 0 aromatic carbocycles. The monoisotopic (exact) mass is 619 g/mol. The summed E-state index contributed by atoms with van der Waals surface area (Å²) < 4.78 is 5.98. The van der Waals surface area contributed by atoms with Gasteiger partial charge in [0.2, 0.25) is 17.6 Å². The van der Waals surface area contributed by atoms with Crippen molar-refractivity contribution in [3.8, 4) is 0 Å². The van der Waals surface area contributed by atoms with Gasteiger partial charge in [-0.25, -0.2) is 4.79 Å². The predicted molar refractivity (Wildman–Crippen MR) is 168 cm³/mol. The molecule has 5 N–H and O–H groups in total. The van der Waals surface area contributed by atoms with Gasteiger partial charge >= 0.3 is 6.03 Å². The lowest BCUT2D eigenvalue weighted by Gasteiger charge is -2.39. The van der Waals surface area contributed by atoms with Crippen molar-refractivity contribution in [2.24, 2.45) is 39.7 Å². The highest BCUT2D eigenvalue weighted by molar-refractivity contribution is 6.37. The molecule has 3 rings (SSSR count). The molecule has 3 unspecified atom stereocenters. The Morgan fingerprint density at radius 2 is 1.50 bits per heavy atom. The summed E-state index contributed by atoms with van der Waals surface area (Å²) in [5.41, 5.74) is 3.80. The van der Waals surface area contributed by atoms with Crippen LogP contribution in [-0.4, -0.2) is 77.4 Å². The Balaban J connectivity index is 1.81. The third-order valence-electron chi connectivity index (χ3n) is 9.85. The van der Waals surface area contributed by atoms with Crippen molar-refractivity contribution >= 4 is 29.5 Å². The van der Waals surface area contributed by atoms with E-state index >= 15 is 0 Å². The number of hydrogen-bond donors (Lipinski definition) is 4. The molecule has 2 saturated carbocycles. The highest BCUT2D eigenvalue weighted by Crippen LogP contribution is 2.65. The molecular formula is C33H57N5O6. The van der Waals surface area contributed by atoms with Crippen molar-refractivity contribution in [3.63, 3.8) is 0 Å². The summed E-state index contributed by atoms with van der Waals surface area (Å²) in [5.74, 6) is -2.47. The number of rotatable bonds is 11. The zero-order chi connectivity index (χ0) is 33.6. The van der Waals surface area contributed by atoms with Crippen molar-refractivity contribution in [1.82, 2.24) is 20.9 Å². The Morgan fingerprint density at radius 3 is 1.95 bits per heavy atom. The van der Waals surface area contributed by atoms with E-state index in [1.165, 1.54) is 0 Å². The van der Waals surface area contributed by atoms with E-state index in [9.17, 15) is 24.0 Å². The highest BCUT2D eigenvalue weighted by atomic mass is 16.5. The lowest BCUT2D eigenvalue weighted by molar-refractivity contribution is -0.145. The average molecular weight is 620 g/mol. The third-order valence-corrected chi connectivity index (χ3v) is 9.85. The second kappa shape index (κ2) is 12.6. The molecule has 44 heavy (non-hydrogen) atoms. The summed E-state index contributed by atoms with van der Waals surface area (Å²) in [5, 5.41) is 8.74. The first-order valence-corrected chi connectivity index (χ1v) is 16.1. The number of ketones is 1. The number of carbonyl (C=O) groups excluding carboxylic acids is 5. The molecule has 0 bridgehead atoms. The van der Waals surface area contributed by atoms with Gasteiger partial charge in [-0.1, -0.05) is 74.7 Å². The molecule has 3 fully saturated rings. The number of nitrogens with two attached hydrogens (primary N) is 1. The molecule has 11 nitrogen and oxygen atoms in total. The van der Waals surface area contributed by atoms with E-state index in [0.29, 0.717) is 19.6 Å². The number of nitrogens with one attached hydrogen (secondary N) is 3. The van der Waals surface area contributed by atoms with Gasteiger partial charge in [-0.05, 0) is 61.2 Å². The van der Waals surface area contributed by atoms with Crippen LogP contribution in [0.4, 0.5) is 4.79 Å². The smallest absolute Gasteiger partial charge is 0.315 e. The third kappa shape index (κ3) is 8.31. The topological polar surface area (TPSA) is 160 Å². The quantitative estimate of drug-likeness (QED) is 0.260. The summed E-state index contributed by atoms with van der Waals surface area (Å²) in [6, 6.07) is -3.60. The number of piperidine rings is 1. The van der Waals surface area contributed by atoms with E-state index in [2.05, 4.69) is 29.8 Å². The molecule has 11 heteroatoms. The molecule has 0 aromatic heterocycles. The first kappa shape index (κ1) is 35.8. The Hall–Kier alpha value is -2.69. The molecule has 0 aromatic rings. The Labute approximate surface area is 263 Å². The lowest BCUT2D eigenvalue weighted by atomic mass is 9.80. The number of fused-ring (bicyclic) bond motifs is 1. The number of ether oxygens (including phenoxy) is 1. The minimum absolute atomic E-state index is 0.103. The largest absolute Gasteiger partial charge is 0.374 e. The van der Waals surface area contributed by atoms with Gasteiger partial charge < -0.3 is 31.3 Å². The normalized spacial score (nSPS) is 25.2. The van der Waals surface area contributed by atoms with Crippen LogP contribution in [0, 0.1) is 34.0 Å². The van der Waals surface area contributed by atoms with E-state index in [1.807, 2.05) is 62.3 Å². The number of urea groups is 1. The van der Waals surface area contributed by atoms with Gasteiger partial charge in [0.05, 0.1) is 24.3 Å². The van der Waals surface area contributed by atoms with Crippen LogP contribution < -0.4 is 21.7 Å². The van der Waals surface area contributed by atoms with Gasteiger partial charge in [0.15, 0.2) is 0 Å². The van der Waals surface area contributed by atoms with Crippen LogP contribution in [0.25, 0.3) is 0 Å². The van der Waals surface area contributed by atoms with Crippen molar-refractivity contribution < 1.29 is 28.7 Å². The first-order chi connectivity index (χ1) is 19.9. The summed E-state index contributed by atoms with van der Waals surface area (Å²) in [4.78, 5) is 67.6. The standard InChI is InChI=1S/C33H57N5O6/c1-30(2,3)21(17-44-32(7,8)9)36-29(43)37-25(31(4,5)6)28(42)38-16-19-22(33(19,10)11)23(38)27(41)35-20(24(39)26(34)40)15-18-13-12-14-18/h18-23,25H,12-17H2,1-11H3,(H2,34,40)(H,35,41)(H2,36,37,43)/t19?,20?,21-,22-,23?,25+/m0/s1. The molecule has 2 aliphatic carbocycles. The predicted octanol–water partition coefficient (Wildman–Crippen LogP) is 3.14. The van der Waals surface area contributed by atoms with Gasteiger partial charge in [-0.3, -0.25) is 19.2 Å². The molecular weight excluding hydrogens is 562 g/mol. The first-order valence-electron chi connectivity index (χ1n) is 16.1. The number of primary amides is 1. The Kier molecular flexibility index (Phi) is 10.2. The fraction of sp³-hybridized carbons (Fsp3) is 0.848. The Morgan fingerprint density at radius 1 is 0.909 bits per heavy atom. The summed E-state index contributed by atoms with van der Waals surface area (Å²) in [7, 11) is 0. The molecule has 0 radical (unpaired) electrons. The molecule has 3 aliphatic rings. The van der Waals surface area contributed by atoms with Crippen LogP contribution in [0.1, 0.15) is 102 Å². The van der Waals surface area contributed by atoms with Crippen LogP contribution in [0.15, 0.2) is 0 Å². The van der Waals surface area contributed by atoms with E-state index in [4.69, 9.17) is 10.5 Å². The van der Waals surface area contributed by atoms with Crippen molar-refractivity contribution in [1.29, 1.82) is 0 Å². The lowest BCUT2D eigenvalue weighted by Crippen LogP contribution is -2.62. The minimum Gasteiger partial charge on any atom is -0.374 e. The molecule has 1 aliphatic heterocycles. The maximum absolute atomic E-state index is 14.3. The number of likely N-dealkylation sites (tertiary alicyclic amines) is 1. The fourth-order valence-corrected chi connectivity index (χ4v) is 6.52. The number of nitrogens with zero attached hydrogens (tertiary/aromatic N) is 1. The van der Waals surface area contributed by atoms with Gasteiger partial charge in [0.25, 0.3) is 5.91 Å². The second-order valence-electron chi connectivity index (χ2n) is 17.0. The molecule has 1 heterocycles. The fourth-order valence-electron chi connectivity index (χ4n) is 6.52. The zero-order valence-corrected chi connectivity index (χ0v) is 28.8. The van der Waals surface area contributed by atoms with Gasteiger partial charge in [-0.2, -0.15) is 0 Å². The molecule has 6 atom stereocenters. The molecule has 1 saturated heterocycles. The van der Waals surface area contributed by atoms with Crippen molar-refractivity contribution in [2.75, 3.05) is 13.2 Å². The van der Waals surface area contributed by atoms with E-state index < -0.39 is 47.2 Å². The minimum atomic E-state index is -1.08. The van der Waals surface area contributed by atoms with Crippen LogP contribution in [-0.2, 0) is 23.9 Å². The Bertz CT molecular complexity index is 1130. The van der Waals surface area contributed by atoms with Crippen LogP contribution in [0.3, 0.4) is 0 Å². The zero-order valence-electron chi connectivity index (χ0n) is 28.8. The molecule has 250 valence electrons. The van der Waals surface area contributed by atoms with Crippen LogP contribution in [0.2, 0.25) is 0 Å². The maximum Gasteiger partial charge on any atom is 0.315 e. The van der Waals surface area contributed by atoms with Gasteiger partial charge in [0.1, 0.15) is 12.1 Å².